The van der Waals surface area contributed by atoms with Crippen LogP contribution >= 0.6 is 0 Å². The Morgan fingerprint density at radius 1 is 0.900 bits per heavy atom. The van der Waals surface area contributed by atoms with Crippen molar-refractivity contribution in [1.29, 1.82) is 0 Å². The van der Waals surface area contributed by atoms with Gasteiger partial charge in [-0.25, -0.2) is 0 Å². The van der Waals surface area contributed by atoms with E-state index in [1.54, 1.807) is 0 Å². The molecule has 2 heteroatoms. The van der Waals surface area contributed by atoms with E-state index in [1.807, 2.05) is 0 Å². The van der Waals surface area contributed by atoms with Gasteiger partial charge >= 0.3 is 0 Å². The van der Waals surface area contributed by atoms with Gasteiger partial charge in [-0.15, -0.1) is 0 Å². The summed E-state index contributed by atoms with van der Waals surface area (Å²) < 4.78 is 0. The highest BCUT2D eigenvalue weighted by atomic mass is 15.3. The van der Waals surface area contributed by atoms with Crippen molar-refractivity contribution in [2.75, 3.05) is 32.7 Å². The molecule has 0 radical (unpaired) electrons. The van der Waals surface area contributed by atoms with E-state index in [4.69, 9.17) is 0 Å². The van der Waals surface area contributed by atoms with Crippen molar-refractivity contribution < 1.29 is 0 Å². The highest BCUT2D eigenvalue weighted by Crippen LogP contribution is 2.28. The van der Waals surface area contributed by atoms with Crippen LogP contribution in [0.15, 0.2) is 12.2 Å². The van der Waals surface area contributed by atoms with Gasteiger partial charge in [0.05, 0.1) is 0 Å². The van der Waals surface area contributed by atoms with Crippen LogP contribution in [0.1, 0.15) is 51.9 Å². The number of piperazine rings is 1. The van der Waals surface area contributed by atoms with Crippen LogP contribution in [0.4, 0.5) is 0 Å². The largest absolute Gasteiger partial charge is 0.301 e. The lowest BCUT2D eigenvalue weighted by molar-refractivity contribution is 0.0641. The SMILES string of the molecule is CC1CCC(N2CCN(CC3CC=CCC3)CC2)CC1. The Kier molecular flexibility index (Phi) is 5.17. The summed E-state index contributed by atoms with van der Waals surface area (Å²) in [6.07, 6.45) is 14.6. The number of nitrogens with zero attached hydrogens (tertiary/aromatic N) is 2. The Hall–Kier alpha value is -0.340. The quantitative estimate of drug-likeness (QED) is 0.728. The molecule has 0 aromatic rings. The van der Waals surface area contributed by atoms with Gasteiger partial charge in [-0.3, -0.25) is 4.90 Å². The number of hydrogen-bond acceptors (Lipinski definition) is 2. The van der Waals surface area contributed by atoms with Crippen LogP contribution in [0.2, 0.25) is 0 Å². The molecular weight excluding hydrogens is 244 g/mol. The minimum absolute atomic E-state index is 0.908. The van der Waals surface area contributed by atoms with E-state index in [1.165, 1.54) is 77.7 Å². The fraction of sp³-hybridized carbons (Fsp3) is 0.889. The Balaban J connectivity index is 1.39. The summed E-state index contributed by atoms with van der Waals surface area (Å²) >= 11 is 0. The van der Waals surface area contributed by atoms with E-state index >= 15 is 0 Å². The molecule has 1 saturated carbocycles. The maximum Gasteiger partial charge on any atom is 0.0113 e. The first-order chi connectivity index (χ1) is 9.81. The van der Waals surface area contributed by atoms with Gasteiger partial charge in [-0.2, -0.15) is 0 Å². The smallest absolute Gasteiger partial charge is 0.0113 e. The van der Waals surface area contributed by atoms with Gasteiger partial charge in [0.2, 0.25) is 0 Å². The van der Waals surface area contributed by atoms with E-state index < -0.39 is 0 Å². The average molecular weight is 276 g/mol. The second-order valence-electron chi connectivity index (χ2n) is 7.40. The zero-order valence-corrected chi connectivity index (χ0v) is 13.3. The summed E-state index contributed by atoms with van der Waals surface area (Å²) in [6.45, 7) is 9.04. The fourth-order valence-corrected chi connectivity index (χ4v) is 4.31. The van der Waals surface area contributed by atoms with Crippen LogP contribution in [0, 0.1) is 11.8 Å². The van der Waals surface area contributed by atoms with Crippen molar-refractivity contribution >= 4 is 0 Å². The first kappa shape index (κ1) is 14.6. The van der Waals surface area contributed by atoms with E-state index in [2.05, 4.69) is 28.9 Å². The molecule has 3 aliphatic rings. The second-order valence-corrected chi connectivity index (χ2v) is 7.40. The number of allylic oxidation sites excluding steroid dienone is 2. The molecule has 2 fully saturated rings. The van der Waals surface area contributed by atoms with E-state index in [0.717, 1.165) is 17.9 Å². The molecule has 114 valence electrons. The Morgan fingerprint density at radius 3 is 2.30 bits per heavy atom. The van der Waals surface area contributed by atoms with Crippen molar-refractivity contribution in [2.24, 2.45) is 11.8 Å². The van der Waals surface area contributed by atoms with E-state index in [-0.39, 0.29) is 0 Å². The van der Waals surface area contributed by atoms with Gasteiger partial charge in [0.15, 0.2) is 0 Å². The predicted octanol–water partition coefficient (Wildman–Crippen LogP) is 3.54. The van der Waals surface area contributed by atoms with Crippen molar-refractivity contribution in [3.63, 3.8) is 0 Å². The van der Waals surface area contributed by atoms with Crippen LogP contribution in [-0.2, 0) is 0 Å². The summed E-state index contributed by atoms with van der Waals surface area (Å²) in [7, 11) is 0. The zero-order chi connectivity index (χ0) is 13.8. The molecule has 3 rings (SSSR count). The Bertz CT molecular complexity index is 309. The Labute approximate surface area is 125 Å². The van der Waals surface area contributed by atoms with Crippen LogP contribution in [0.5, 0.6) is 0 Å². The van der Waals surface area contributed by atoms with Gasteiger partial charge < -0.3 is 4.90 Å². The van der Waals surface area contributed by atoms with Crippen molar-refractivity contribution in [2.45, 2.75) is 57.9 Å². The maximum absolute atomic E-state index is 2.79. The first-order valence-corrected chi connectivity index (χ1v) is 8.92. The summed E-state index contributed by atoms with van der Waals surface area (Å²) in [5, 5.41) is 0. The standard InChI is InChI=1S/C18H32N2/c1-16-7-9-18(10-8-16)20-13-11-19(12-14-20)15-17-5-3-2-4-6-17/h2-3,16-18H,4-15H2,1H3. The molecule has 1 heterocycles. The minimum atomic E-state index is 0.908. The minimum Gasteiger partial charge on any atom is -0.301 e. The summed E-state index contributed by atoms with van der Waals surface area (Å²) in [6, 6.07) is 0.908. The summed E-state index contributed by atoms with van der Waals surface area (Å²) in [5.74, 6) is 1.91. The molecule has 1 saturated heterocycles. The Morgan fingerprint density at radius 2 is 1.65 bits per heavy atom. The van der Waals surface area contributed by atoms with Crippen molar-refractivity contribution in [3.8, 4) is 0 Å². The zero-order valence-electron chi connectivity index (χ0n) is 13.3. The molecule has 20 heavy (non-hydrogen) atoms. The molecule has 0 amide bonds. The van der Waals surface area contributed by atoms with Gasteiger partial charge in [0, 0.05) is 38.8 Å². The lowest BCUT2D eigenvalue weighted by atomic mass is 9.86. The van der Waals surface area contributed by atoms with E-state index in [9.17, 15) is 0 Å². The molecule has 0 bridgehead atoms. The summed E-state index contributed by atoms with van der Waals surface area (Å²) in [5.41, 5.74) is 0. The highest BCUT2D eigenvalue weighted by Gasteiger charge is 2.27. The van der Waals surface area contributed by atoms with Crippen LogP contribution in [0.25, 0.3) is 0 Å². The molecule has 0 spiro atoms. The molecule has 1 atom stereocenters. The van der Waals surface area contributed by atoms with Gasteiger partial charge in [0.25, 0.3) is 0 Å². The van der Waals surface area contributed by atoms with E-state index in [0.29, 0.717) is 0 Å². The van der Waals surface area contributed by atoms with Gasteiger partial charge in [-0.1, -0.05) is 19.1 Å². The lowest BCUT2D eigenvalue weighted by Crippen LogP contribution is -2.51. The normalized spacial score (nSPS) is 37.1. The molecule has 0 aromatic heterocycles. The van der Waals surface area contributed by atoms with Gasteiger partial charge in [0.1, 0.15) is 0 Å². The number of hydrogen-bond donors (Lipinski definition) is 0. The molecular formula is C18H32N2. The third-order valence-electron chi connectivity index (χ3n) is 5.80. The molecule has 1 unspecified atom stereocenters. The van der Waals surface area contributed by atoms with Crippen molar-refractivity contribution in [3.05, 3.63) is 12.2 Å². The second kappa shape index (κ2) is 7.09. The first-order valence-electron chi connectivity index (χ1n) is 8.92. The molecule has 2 nitrogen and oxygen atoms in total. The molecule has 0 N–H and O–H groups in total. The average Bonchev–Trinajstić information content (AvgIpc) is 2.50. The molecule has 2 aliphatic carbocycles. The topological polar surface area (TPSA) is 6.48 Å². The lowest BCUT2D eigenvalue weighted by Gasteiger charge is -2.42. The fourth-order valence-electron chi connectivity index (χ4n) is 4.31. The summed E-state index contributed by atoms with van der Waals surface area (Å²) in [4.78, 5) is 5.52. The molecule has 0 aromatic carbocycles. The third kappa shape index (κ3) is 3.85. The van der Waals surface area contributed by atoms with Crippen LogP contribution in [-0.4, -0.2) is 48.6 Å². The van der Waals surface area contributed by atoms with Crippen molar-refractivity contribution in [1.82, 2.24) is 9.80 Å². The maximum atomic E-state index is 2.79. The third-order valence-corrected chi connectivity index (χ3v) is 5.80. The number of rotatable bonds is 3. The monoisotopic (exact) mass is 276 g/mol. The van der Waals surface area contributed by atoms with Crippen LogP contribution < -0.4 is 0 Å². The molecule has 1 aliphatic heterocycles. The van der Waals surface area contributed by atoms with Crippen LogP contribution in [0.3, 0.4) is 0 Å². The van der Waals surface area contributed by atoms with Gasteiger partial charge in [-0.05, 0) is 56.8 Å². The highest BCUT2D eigenvalue weighted by molar-refractivity contribution is 4.91. The predicted molar refractivity (Wildman–Crippen MR) is 85.9 cm³/mol.